The van der Waals surface area contributed by atoms with Gasteiger partial charge in [0.25, 0.3) is 0 Å². The molecule has 1 aromatic carbocycles. The van der Waals surface area contributed by atoms with Crippen molar-refractivity contribution in [3.63, 3.8) is 0 Å². The molecule has 1 fully saturated rings. The standard InChI is InChI=1S/C23H27NO3/c1-14-8-10-18(11-9-14)27-23(26)22-15(2)21-19(24-22)12-17(13-20(21)25)16-6-4-3-5-7-16/h3-7,14,17-18,24H,8-13H2,1-2H3. The number of fused-ring (bicyclic) bond motifs is 1. The fraction of sp³-hybridized carbons (Fsp3) is 0.478. The number of esters is 1. The van der Waals surface area contributed by atoms with Crippen molar-refractivity contribution in [1.29, 1.82) is 0 Å². The van der Waals surface area contributed by atoms with Crippen molar-refractivity contribution in [2.24, 2.45) is 5.92 Å². The maximum absolute atomic E-state index is 12.8. The van der Waals surface area contributed by atoms with Gasteiger partial charge in [0.2, 0.25) is 0 Å². The molecule has 2 aromatic rings. The Bertz CT molecular complexity index is 844. The average Bonchev–Trinajstić information content (AvgIpc) is 3.01. The van der Waals surface area contributed by atoms with E-state index in [1.165, 1.54) is 5.56 Å². The lowest BCUT2D eigenvalue weighted by Crippen LogP contribution is -2.24. The molecule has 4 rings (SSSR count). The van der Waals surface area contributed by atoms with Gasteiger partial charge in [0.1, 0.15) is 11.8 Å². The van der Waals surface area contributed by atoms with Crippen LogP contribution < -0.4 is 0 Å². The summed E-state index contributed by atoms with van der Waals surface area (Å²) in [5, 5.41) is 0. The van der Waals surface area contributed by atoms with Crippen molar-refractivity contribution in [2.75, 3.05) is 0 Å². The van der Waals surface area contributed by atoms with Gasteiger partial charge in [-0.15, -0.1) is 0 Å². The summed E-state index contributed by atoms with van der Waals surface area (Å²) >= 11 is 0. The van der Waals surface area contributed by atoms with Crippen LogP contribution in [-0.4, -0.2) is 22.8 Å². The van der Waals surface area contributed by atoms with Crippen molar-refractivity contribution >= 4 is 11.8 Å². The van der Waals surface area contributed by atoms with Crippen LogP contribution >= 0.6 is 0 Å². The highest BCUT2D eigenvalue weighted by Gasteiger charge is 2.33. The van der Waals surface area contributed by atoms with Gasteiger partial charge in [0, 0.05) is 17.7 Å². The second-order valence-electron chi connectivity index (χ2n) is 8.20. The zero-order valence-electron chi connectivity index (χ0n) is 16.1. The van der Waals surface area contributed by atoms with Crippen LogP contribution in [0.5, 0.6) is 0 Å². The molecule has 2 aliphatic rings. The second kappa shape index (κ2) is 7.34. The van der Waals surface area contributed by atoms with E-state index in [4.69, 9.17) is 4.74 Å². The molecule has 0 saturated heterocycles. The molecule has 142 valence electrons. The van der Waals surface area contributed by atoms with E-state index in [2.05, 4.69) is 24.0 Å². The Hall–Kier alpha value is -2.36. The third kappa shape index (κ3) is 3.58. The van der Waals surface area contributed by atoms with Crippen molar-refractivity contribution < 1.29 is 14.3 Å². The molecule has 4 heteroatoms. The number of Topliss-reactive ketones (excluding diaryl/α,β-unsaturated/α-hetero) is 1. The van der Waals surface area contributed by atoms with E-state index < -0.39 is 0 Å². The Kier molecular flexibility index (Phi) is 4.90. The van der Waals surface area contributed by atoms with Gasteiger partial charge in [0.15, 0.2) is 5.78 Å². The average molecular weight is 365 g/mol. The first kappa shape index (κ1) is 18.0. The van der Waals surface area contributed by atoms with Crippen LogP contribution in [0.2, 0.25) is 0 Å². The largest absolute Gasteiger partial charge is 0.458 e. The first-order chi connectivity index (χ1) is 13.0. The number of carbonyl (C=O) groups is 2. The fourth-order valence-corrected chi connectivity index (χ4v) is 4.56. The number of aromatic amines is 1. The Morgan fingerprint density at radius 3 is 2.48 bits per heavy atom. The highest BCUT2D eigenvalue weighted by atomic mass is 16.5. The first-order valence-electron chi connectivity index (χ1n) is 10.0. The smallest absolute Gasteiger partial charge is 0.355 e. The number of benzene rings is 1. The zero-order valence-corrected chi connectivity index (χ0v) is 16.1. The van der Waals surface area contributed by atoms with Crippen molar-refractivity contribution in [3.05, 3.63) is 58.4 Å². The van der Waals surface area contributed by atoms with Crippen LogP contribution in [0.1, 0.15) is 82.6 Å². The van der Waals surface area contributed by atoms with Gasteiger partial charge in [-0.2, -0.15) is 0 Å². The highest BCUT2D eigenvalue weighted by Crippen LogP contribution is 2.35. The molecular formula is C23H27NO3. The zero-order chi connectivity index (χ0) is 19.0. The normalized spacial score (nSPS) is 25.1. The second-order valence-corrected chi connectivity index (χ2v) is 8.20. The van der Waals surface area contributed by atoms with E-state index in [9.17, 15) is 9.59 Å². The molecule has 1 N–H and O–H groups in total. The van der Waals surface area contributed by atoms with Crippen LogP contribution in [0, 0.1) is 12.8 Å². The van der Waals surface area contributed by atoms with E-state index in [0.29, 0.717) is 23.6 Å². The molecular weight excluding hydrogens is 338 g/mol. The SMILES string of the molecule is Cc1c(C(=O)OC2CCC(C)CC2)[nH]c2c1C(=O)CC(c1ccccc1)C2. The Morgan fingerprint density at radius 2 is 1.78 bits per heavy atom. The van der Waals surface area contributed by atoms with Gasteiger partial charge in [-0.1, -0.05) is 37.3 Å². The van der Waals surface area contributed by atoms with Gasteiger partial charge in [-0.05, 0) is 62.0 Å². The minimum absolute atomic E-state index is 0.00111. The number of hydrogen-bond donors (Lipinski definition) is 1. The van der Waals surface area contributed by atoms with Crippen molar-refractivity contribution in [1.82, 2.24) is 4.98 Å². The summed E-state index contributed by atoms with van der Waals surface area (Å²) in [7, 11) is 0. The summed E-state index contributed by atoms with van der Waals surface area (Å²) in [6, 6.07) is 10.1. The molecule has 1 heterocycles. The summed E-state index contributed by atoms with van der Waals surface area (Å²) in [5.74, 6) is 0.676. The quantitative estimate of drug-likeness (QED) is 0.781. The predicted molar refractivity (Wildman–Crippen MR) is 104 cm³/mol. The third-order valence-electron chi connectivity index (χ3n) is 6.20. The maximum Gasteiger partial charge on any atom is 0.355 e. The Morgan fingerprint density at radius 1 is 1.07 bits per heavy atom. The molecule has 1 unspecified atom stereocenters. The molecule has 1 atom stereocenters. The first-order valence-corrected chi connectivity index (χ1v) is 10.0. The maximum atomic E-state index is 12.8. The minimum Gasteiger partial charge on any atom is -0.458 e. The van der Waals surface area contributed by atoms with Crippen LogP contribution in [0.3, 0.4) is 0 Å². The lowest BCUT2D eigenvalue weighted by molar-refractivity contribution is 0.0167. The molecule has 0 radical (unpaired) electrons. The van der Waals surface area contributed by atoms with E-state index in [1.54, 1.807) is 0 Å². The number of H-pyrrole nitrogens is 1. The lowest BCUT2D eigenvalue weighted by Gasteiger charge is -2.25. The summed E-state index contributed by atoms with van der Waals surface area (Å²) in [4.78, 5) is 28.7. The van der Waals surface area contributed by atoms with Gasteiger partial charge in [0.05, 0.1) is 0 Å². The lowest BCUT2D eigenvalue weighted by atomic mass is 9.81. The molecule has 0 amide bonds. The molecule has 2 aliphatic carbocycles. The minimum atomic E-state index is -0.314. The summed E-state index contributed by atoms with van der Waals surface area (Å²) < 4.78 is 5.75. The van der Waals surface area contributed by atoms with Gasteiger partial charge in [-0.3, -0.25) is 4.79 Å². The molecule has 0 aliphatic heterocycles. The summed E-state index contributed by atoms with van der Waals surface area (Å²) in [6.07, 6.45) is 5.32. The van der Waals surface area contributed by atoms with Crippen LogP contribution in [-0.2, 0) is 11.2 Å². The summed E-state index contributed by atoms with van der Waals surface area (Å²) in [6.45, 7) is 4.10. The van der Waals surface area contributed by atoms with Crippen LogP contribution in [0.15, 0.2) is 30.3 Å². The molecule has 1 aromatic heterocycles. The molecule has 0 spiro atoms. The van der Waals surface area contributed by atoms with Gasteiger partial charge in [-0.25, -0.2) is 4.79 Å². The predicted octanol–water partition coefficient (Wildman–Crippen LogP) is 4.97. The fourth-order valence-electron chi connectivity index (χ4n) is 4.56. The Labute approximate surface area is 160 Å². The number of rotatable bonds is 3. The van der Waals surface area contributed by atoms with E-state index in [1.807, 2.05) is 25.1 Å². The van der Waals surface area contributed by atoms with Crippen molar-refractivity contribution in [2.45, 2.75) is 64.4 Å². The summed E-state index contributed by atoms with van der Waals surface area (Å²) in [5.41, 5.74) is 3.95. The number of ketones is 1. The third-order valence-corrected chi connectivity index (χ3v) is 6.20. The molecule has 27 heavy (non-hydrogen) atoms. The van der Waals surface area contributed by atoms with Crippen molar-refractivity contribution in [3.8, 4) is 0 Å². The number of carbonyl (C=O) groups excluding carboxylic acids is 2. The van der Waals surface area contributed by atoms with Gasteiger partial charge >= 0.3 is 5.97 Å². The Balaban J connectivity index is 1.54. The monoisotopic (exact) mass is 365 g/mol. The molecule has 1 saturated carbocycles. The van der Waals surface area contributed by atoms with Crippen LogP contribution in [0.4, 0.5) is 0 Å². The van der Waals surface area contributed by atoms with Crippen LogP contribution in [0.25, 0.3) is 0 Å². The molecule has 4 nitrogen and oxygen atoms in total. The highest BCUT2D eigenvalue weighted by molar-refractivity contribution is 6.03. The molecule has 0 bridgehead atoms. The van der Waals surface area contributed by atoms with E-state index in [-0.39, 0.29) is 23.8 Å². The van der Waals surface area contributed by atoms with E-state index in [0.717, 1.165) is 43.4 Å². The number of ether oxygens (including phenoxy) is 1. The van der Waals surface area contributed by atoms with Gasteiger partial charge < -0.3 is 9.72 Å². The topological polar surface area (TPSA) is 59.2 Å². The number of hydrogen-bond acceptors (Lipinski definition) is 3. The number of aromatic nitrogens is 1. The number of nitrogens with one attached hydrogen (secondary N) is 1. The van der Waals surface area contributed by atoms with E-state index >= 15 is 0 Å².